The van der Waals surface area contributed by atoms with Crippen molar-refractivity contribution >= 4 is 27.5 Å². The quantitative estimate of drug-likeness (QED) is 0.675. The lowest BCUT2D eigenvalue weighted by Crippen LogP contribution is -2.13. The number of non-ortho nitro benzene ring substituents is 1. The topological polar surface area (TPSA) is 89.3 Å². The molecule has 0 radical (unpaired) electrons. The molecule has 6 nitrogen and oxygen atoms in total. The van der Waals surface area contributed by atoms with Gasteiger partial charge in [-0.2, -0.15) is 0 Å². The predicted octanol–water partition coefficient (Wildman–Crippen LogP) is 3.43. The van der Waals surface area contributed by atoms with Gasteiger partial charge in [0.25, 0.3) is 15.7 Å². The monoisotopic (exact) mass is 318 g/mol. The molecule has 0 saturated carbocycles. The number of nitrogens with one attached hydrogen (secondary N) is 1. The molecule has 1 N–H and O–H groups in total. The van der Waals surface area contributed by atoms with Crippen molar-refractivity contribution in [2.75, 3.05) is 4.72 Å². The molecule has 0 bridgehead atoms. The van der Waals surface area contributed by atoms with Crippen LogP contribution >= 0.6 is 0 Å². The first-order valence-electron chi connectivity index (χ1n) is 6.43. The zero-order valence-electron chi connectivity index (χ0n) is 11.8. The Hall–Kier alpha value is -2.67. The molecule has 2 aromatic carbocycles. The number of rotatable bonds is 5. The van der Waals surface area contributed by atoms with E-state index in [2.05, 4.69) is 4.72 Å². The molecule has 2 rings (SSSR count). The summed E-state index contributed by atoms with van der Waals surface area (Å²) in [4.78, 5) is 9.99. The van der Waals surface area contributed by atoms with E-state index in [1.54, 1.807) is 36.4 Å². The van der Waals surface area contributed by atoms with Crippen LogP contribution in [-0.4, -0.2) is 13.3 Å². The second-order valence-electron chi connectivity index (χ2n) is 4.44. The minimum Gasteiger partial charge on any atom is -0.279 e. The van der Waals surface area contributed by atoms with Crippen LogP contribution in [0.25, 0.3) is 6.08 Å². The Morgan fingerprint density at radius 3 is 2.32 bits per heavy atom. The number of sulfonamides is 1. The highest BCUT2D eigenvalue weighted by atomic mass is 32.2. The van der Waals surface area contributed by atoms with E-state index in [0.29, 0.717) is 5.69 Å². The molecule has 0 heterocycles. The molecule has 22 heavy (non-hydrogen) atoms. The van der Waals surface area contributed by atoms with E-state index >= 15 is 0 Å². The first-order chi connectivity index (χ1) is 10.4. The Labute approximate surface area is 128 Å². The fourth-order valence-electron chi connectivity index (χ4n) is 1.87. The Morgan fingerprint density at radius 2 is 1.73 bits per heavy atom. The summed E-state index contributed by atoms with van der Waals surface area (Å²) in [5, 5.41) is 10.6. The third-order valence-corrected chi connectivity index (χ3v) is 4.29. The molecular formula is C15H14N2O4S. The van der Waals surface area contributed by atoms with Crippen LogP contribution < -0.4 is 4.72 Å². The van der Waals surface area contributed by atoms with Crippen LogP contribution in [-0.2, 0) is 10.0 Å². The average Bonchev–Trinajstić information content (AvgIpc) is 2.49. The number of nitrogens with zero attached hydrogens (tertiary/aromatic N) is 1. The average molecular weight is 318 g/mol. The third kappa shape index (κ3) is 3.50. The van der Waals surface area contributed by atoms with Gasteiger partial charge in [0.1, 0.15) is 0 Å². The Bertz CT molecular complexity index is 812. The maximum absolute atomic E-state index is 12.3. The molecule has 7 heteroatoms. The predicted molar refractivity (Wildman–Crippen MR) is 85.1 cm³/mol. The van der Waals surface area contributed by atoms with Gasteiger partial charge in [-0.3, -0.25) is 14.8 Å². The van der Waals surface area contributed by atoms with Crippen molar-refractivity contribution in [2.24, 2.45) is 0 Å². The summed E-state index contributed by atoms with van der Waals surface area (Å²) >= 11 is 0. The summed E-state index contributed by atoms with van der Waals surface area (Å²) in [5.41, 5.74) is 1.02. The zero-order chi connectivity index (χ0) is 16.2. The second kappa shape index (κ2) is 6.40. The summed E-state index contributed by atoms with van der Waals surface area (Å²) in [7, 11) is -3.80. The summed E-state index contributed by atoms with van der Waals surface area (Å²) in [6, 6.07) is 11.7. The van der Waals surface area contributed by atoms with E-state index in [4.69, 9.17) is 0 Å². The van der Waals surface area contributed by atoms with E-state index in [1.165, 1.54) is 12.1 Å². The number of nitro groups is 1. The van der Waals surface area contributed by atoms with E-state index in [0.717, 1.165) is 17.7 Å². The molecule has 0 saturated heterocycles. The van der Waals surface area contributed by atoms with Gasteiger partial charge in [0.05, 0.1) is 15.5 Å². The van der Waals surface area contributed by atoms with Crippen molar-refractivity contribution < 1.29 is 13.3 Å². The number of hydrogen-bond donors (Lipinski definition) is 1. The molecule has 0 atom stereocenters. The smallest absolute Gasteiger partial charge is 0.269 e. The highest BCUT2D eigenvalue weighted by Gasteiger charge is 2.16. The molecule has 0 spiro atoms. The van der Waals surface area contributed by atoms with Crippen molar-refractivity contribution in [3.63, 3.8) is 0 Å². The van der Waals surface area contributed by atoms with Crippen LogP contribution in [0.5, 0.6) is 0 Å². The fraction of sp³-hybridized carbons (Fsp3) is 0.0667. The molecule has 0 aliphatic heterocycles. The van der Waals surface area contributed by atoms with Gasteiger partial charge in [-0.25, -0.2) is 8.42 Å². The number of benzene rings is 2. The molecule has 2 aromatic rings. The minimum atomic E-state index is -3.80. The van der Waals surface area contributed by atoms with Crippen molar-refractivity contribution in [2.45, 2.75) is 11.8 Å². The maximum Gasteiger partial charge on any atom is 0.269 e. The minimum absolute atomic E-state index is 0.0339. The van der Waals surface area contributed by atoms with Crippen molar-refractivity contribution in [3.05, 3.63) is 70.3 Å². The van der Waals surface area contributed by atoms with Gasteiger partial charge in [-0.1, -0.05) is 30.4 Å². The zero-order valence-corrected chi connectivity index (χ0v) is 12.6. The van der Waals surface area contributed by atoms with Crippen LogP contribution in [0.2, 0.25) is 0 Å². The largest absolute Gasteiger partial charge is 0.279 e. The number of anilines is 1. The summed E-state index contributed by atoms with van der Waals surface area (Å²) in [6.07, 6.45) is 3.59. The number of para-hydroxylation sites is 1. The van der Waals surface area contributed by atoms with Crippen LogP contribution in [0.15, 0.2) is 59.5 Å². The van der Waals surface area contributed by atoms with E-state index < -0.39 is 14.9 Å². The van der Waals surface area contributed by atoms with Gasteiger partial charge in [-0.15, -0.1) is 0 Å². The van der Waals surface area contributed by atoms with Crippen molar-refractivity contribution in [1.29, 1.82) is 0 Å². The first kappa shape index (κ1) is 15.7. The molecular weight excluding hydrogens is 304 g/mol. The summed E-state index contributed by atoms with van der Waals surface area (Å²) < 4.78 is 27.2. The third-order valence-electron chi connectivity index (χ3n) is 2.91. The lowest BCUT2D eigenvalue weighted by atomic mass is 10.2. The number of allylic oxidation sites excluding steroid dienone is 1. The Balaban J connectivity index is 2.34. The van der Waals surface area contributed by atoms with Gasteiger partial charge in [0, 0.05) is 12.1 Å². The van der Waals surface area contributed by atoms with Gasteiger partial charge < -0.3 is 0 Å². The molecule has 0 unspecified atom stereocenters. The van der Waals surface area contributed by atoms with Gasteiger partial charge in [-0.05, 0) is 30.7 Å². The van der Waals surface area contributed by atoms with Crippen LogP contribution in [0, 0.1) is 10.1 Å². The first-order valence-corrected chi connectivity index (χ1v) is 7.91. The molecule has 0 aliphatic rings. The SMILES string of the molecule is CC=Cc1ccccc1NS(=O)(=O)c1ccc([N+](=O)[O-])cc1. The van der Waals surface area contributed by atoms with Crippen molar-refractivity contribution in [3.8, 4) is 0 Å². The lowest BCUT2D eigenvalue weighted by Gasteiger charge is -2.10. The van der Waals surface area contributed by atoms with E-state index in [9.17, 15) is 18.5 Å². The van der Waals surface area contributed by atoms with E-state index in [1.807, 2.05) is 6.92 Å². The van der Waals surface area contributed by atoms with Crippen LogP contribution in [0.1, 0.15) is 12.5 Å². The number of nitro benzene ring substituents is 1. The van der Waals surface area contributed by atoms with Crippen LogP contribution in [0.4, 0.5) is 11.4 Å². The second-order valence-corrected chi connectivity index (χ2v) is 6.13. The lowest BCUT2D eigenvalue weighted by molar-refractivity contribution is -0.384. The highest BCUT2D eigenvalue weighted by molar-refractivity contribution is 7.92. The van der Waals surface area contributed by atoms with Gasteiger partial charge in [0.2, 0.25) is 0 Å². The molecule has 0 aromatic heterocycles. The Kier molecular flexibility index (Phi) is 4.57. The molecule has 0 amide bonds. The molecule has 0 aliphatic carbocycles. The molecule has 0 fully saturated rings. The highest BCUT2D eigenvalue weighted by Crippen LogP contribution is 2.22. The van der Waals surface area contributed by atoms with E-state index in [-0.39, 0.29) is 10.6 Å². The maximum atomic E-state index is 12.3. The van der Waals surface area contributed by atoms with Gasteiger partial charge in [0.15, 0.2) is 0 Å². The van der Waals surface area contributed by atoms with Gasteiger partial charge >= 0.3 is 0 Å². The molecule has 114 valence electrons. The summed E-state index contributed by atoms with van der Waals surface area (Å²) in [6.45, 7) is 1.83. The Morgan fingerprint density at radius 1 is 1.09 bits per heavy atom. The van der Waals surface area contributed by atoms with Crippen molar-refractivity contribution in [1.82, 2.24) is 0 Å². The fourth-order valence-corrected chi connectivity index (χ4v) is 2.95. The summed E-state index contributed by atoms with van der Waals surface area (Å²) in [5.74, 6) is 0. The number of hydrogen-bond acceptors (Lipinski definition) is 4. The normalized spacial score (nSPS) is 11.5. The standard InChI is InChI=1S/C15H14N2O4S/c1-2-5-12-6-3-4-7-15(12)16-22(20,21)14-10-8-13(9-11-14)17(18)19/h2-11,16H,1H3. The van der Waals surface area contributed by atoms with Crippen LogP contribution in [0.3, 0.4) is 0 Å².